The summed E-state index contributed by atoms with van der Waals surface area (Å²) < 4.78 is 13.6. The molecule has 0 bridgehead atoms. The second-order valence-corrected chi connectivity index (χ2v) is 4.46. The van der Waals surface area contributed by atoms with Gasteiger partial charge in [0.1, 0.15) is 11.5 Å². The van der Waals surface area contributed by atoms with Crippen molar-refractivity contribution in [2.75, 3.05) is 11.1 Å². The zero-order valence-corrected chi connectivity index (χ0v) is 10.5. The van der Waals surface area contributed by atoms with Crippen LogP contribution in [0.4, 0.5) is 15.8 Å². The zero-order valence-electron chi connectivity index (χ0n) is 10.5. The van der Waals surface area contributed by atoms with Gasteiger partial charge in [-0.1, -0.05) is 18.2 Å². The number of halogens is 1. The van der Waals surface area contributed by atoms with E-state index in [0.29, 0.717) is 11.4 Å². The standard InChI is InChI=1S/C15H12FN3O/c16-11-6-5-10(17)8-13(11)19-15(20)14-7-9-3-1-2-4-12(9)18-14/h1-8,18H,17H2,(H,19,20). The zero-order chi connectivity index (χ0) is 14.1. The fourth-order valence-electron chi connectivity index (χ4n) is 2.02. The minimum absolute atomic E-state index is 0.0636. The third kappa shape index (κ3) is 2.21. The first-order valence-corrected chi connectivity index (χ1v) is 6.07. The molecule has 0 unspecified atom stereocenters. The summed E-state index contributed by atoms with van der Waals surface area (Å²) in [6.45, 7) is 0. The normalized spacial score (nSPS) is 10.7. The van der Waals surface area contributed by atoms with Gasteiger partial charge in [0.25, 0.3) is 5.91 Å². The summed E-state index contributed by atoms with van der Waals surface area (Å²) in [5.74, 6) is -0.936. The maximum absolute atomic E-state index is 13.6. The number of para-hydroxylation sites is 1. The molecule has 1 amide bonds. The van der Waals surface area contributed by atoms with Gasteiger partial charge in [-0.3, -0.25) is 4.79 Å². The number of hydrogen-bond acceptors (Lipinski definition) is 2. The summed E-state index contributed by atoms with van der Waals surface area (Å²) in [6, 6.07) is 13.3. The van der Waals surface area contributed by atoms with E-state index in [1.54, 1.807) is 6.07 Å². The maximum Gasteiger partial charge on any atom is 0.272 e. The lowest BCUT2D eigenvalue weighted by Crippen LogP contribution is -2.13. The van der Waals surface area contributed by atoms with Gasteiger partial charge in [0, 0.05) is 16.6 Å². The molecule has 3 aromatic rings. The molecule has 1 aromatic heterocycles. The van der Waals surface area contributed by atoms with Gasteiger partial charge in [-0.2, -0.15) is 0 Å². The average Bonchev–Trinajstić information content (AvgIpc) is 2.87. The Morgan fingerprint density at radius 2 is 1.95 bits per heavy atom. The molecule has 0 aliphatic rings. The number of rotatable bonds is 2. The monoisotopic (exact) mass is 269 g/mol. The number of aromatic nitrogens is 1. The summed E-state index contributed by atoms with van der Waals surface area (Å²) in [4.78, 5) is 15.1. The minimum Gasteiger partial charge on any atom is -0.399 e. The van der Waals surface area contributed by atoms with E-state index in [1.165, 1.54) is 18.2 Å². The molecule has 0 radical (unpaired) electrons. The topological polar surface area (TPSA) is 70.9 Å². The van der Waals surface area contributed by atoms with Crippen molar-refractivity contribution >= 4 is 28.2 Å². The Morgan fingerprint density at radius 1 is 1.15 bits per heavy atom. The van der Waals surface area contributed by atoms with Crippen molar-refractivity contribution in [3.63, 3.8) is 0 Å². The van der Waals surface area contributed by atoms with Crippen LogP contribution in [0.1, 0.15) is 10.5 Å². The van der Waals surface area contributed by atoms with E-state index in [1.807, 2.05) is 24.3 Å². The van der Waals surface area contributed by atoms with E-state index in [2.05, 4.69) is 10.3 Å². The molecular formula is C15H12FN3O. The molecule has 20 heavy (non-hydrogen) atoms. The molecule has 3 rings (SSSR count). The Morgan fingerprint density at radius 3 is 2.75 bits per heavy atom. The summed E-state index contributed by atoms with van der Waals surface area (Å²) in [5.41, 5.74) is 7.25. The van der Waals surface area contributed by atoms with Gasteiger partial charge in [0.05, 0.1) is 5.69 Å². The largest absolute Gasteiger partial charge is 0.399 e. The lowest BCUT2D eigenvalue weighted by Gasteiger charge is -2.05. The molecule has 0 aliphatic heterocycles. The van der Waals surface area contributed by atoms with Crippen LogP contribution in [-0.4, -0.2) is 10.9 Å². The molecule has 0 fully saturated rings. The Hall–Kier alpha value is -2.82. The number of nitrogens with two attached hydrogens (primary N) is 1. The first kappa shape index (κ1) is 12.2. The van der Waals surface area contributed by atoms with Crippen molar-refractivity contribution in [2.45, 2.75) is 0 Å². The number of amides is 1. The Bertz CT molecular complexity index is 762. The van der Waals surface area contributed by atoms with Crippen LogP contribution in [0.15, 0.2) is 48.5 Å². The predicted molar refractivity (Wildman–Crippen MR) is 77.1 cm³/mol. The third-order valence-corrected chi connectivity index (χ3v) is 3.01. The first-order valence-electron chi connectivity index (χ1n) is 6.07. The highest BCUT2D eigenvalue weighted by atomic mass is 19.1. The number of aromatic amines is 1. The summed E-state index contributed by atoms with van der Waals surface area (Å²) in [6.07, 6.45) is 0. The highest BCUT2D eigenvalue weighted by molar-refractivity contribution is 6.06. The predicted octanol–water partition coefficient (Wildman–Crippen LogP) is 3.14. The summed E-state index contributed by atoms with van der Waals surface area (Å²) in [5, 5.41) is 3.43. The van der Waals surface area contributed by atoms with Gasteiger partial charge in [-0.15, -0.1) is 0 Å². The van der Waals surface area contributed by atoms with Crippen LogP contribution in [0.5, 0.6) is 0 Å². The van der Waals surface area contributed by atoms with E-state index in [0.717, 1.165) is 10.9 Å². The number of anilines is 2. The molecule has 4 N–H and O–H groups in total. The molecule has 0 aliphatic carbocycles. The van der Waals surface area contributed by atoms with Crippen molar-refractivity contribution in [3.05, 3.63) is 60.0 Å². The van der Waals surface area contributed by atoms with E-state index in [-0.39, 0.29) is 5.69 Å². The number of nitrogen functional groups attached to an aromatic ring is 1. The third-order valence-electron chi connectivity index (χ3n) is 3.01. The first-order chi connectivity index (χ1) is 9.63. The lowest BCUT2D eigenvalue weighted by atomic mass is 10.2. The second kappa shape index (κ2) is 4.70. The lowest BCUT2D eigenvalue weighted by molar-refractivity contribution is 0.102. The van der Waals surface area contributed by atoms with Crippen molar-refractivity contribution in [3.8, 4) is 0 Å². The van der Waals surface area contributed by atoms with Crippen LogP contribution in [0, 0.1) is 5.82 Å². The molecular weight excluding hydrogens is 257 g/mol. The number of benzene rings is 2. The van der Waals surface area contributed by atoms with Gasteiger partial charge in [-0.25, -0.2) is 4.39 Å². The molecule has 1 heterocycles. The van der Waals surface area contributed by atoms with E-state index in [9.17, 15) is 9.18 Å². The Kier molecular flexibility index (Phi) is 2.87. The summed E-state index contributed by atoms with van der Waals surface area (Å²) in [7, 11) is 0. The molecule has 0 saturated carbocycles. The van der Waals surface area contributed by atoms with Crippen molar-refractivity contribution in [2.24, 2.45) is 0 Å². The van der Waals surface area contributed by atoms with Crippen LogP contribution in [0.25, 0.3) is 10.9 Å². The van der Waals surface area contributed by atoms with Crippen molar-refractivity contribution < 1.29 is 9.18 Å². The van der Waals surface area contributed by atoms with E-state index in [4.69, 9.17) is 5.73 Å². The highest BCUT2D eigenvalue weighted by Crippen LogP contribution is 2.20. The van der Waals surface area contributed by atoms with Gasteiger partial charge < -0.3 is 16.0 Å². The van der Waals surface area contributed by atoms with Gasteiger partial charge in [0.2, 0.25) is 0 Å². The molecule has 100 valence electrons. The number of carbonyl (C=O) groups is 1. The van der Waals surface area contributed by atoms with Gasteiger partial charge in [-0.05, 0) is 30.3 Å². The molecule has 4 nitrogen and oxygen atoms in total. The minimum atomic E-state index is -0.524. The van der Waals surface area contributed by atoms with Crippen molar-refractivity contribution in [1.29, 1.82) is 0 Å². The van der Waals surface area contributed by atoms with Crippen LogP contribution in [0.3, 0.4) is 0 Å². The smallest absolute Gasteiger partial charge is 0.272 e. The molecule has 2 aromatic carbocycles. The summed E-state index contributed by atoms with van der Waals surface area (Å²) >= 11 is 0. The van der Waals surface area contributed by atoms with Crippen molar-refractivity contribution in [1.82, 2.24) is 4.98 Å². The van der Waals surface area contributed by atoms with Gasteiger partial charge >= 0.3 is 0 Å². The second-order valence-electron chi connectivity index (χ2n) is 4.46. The molecule has 0 saturated heterocycles. The number of hydrogen-bond donors (Lipinski definition) is 3. The van der Waals surface area contributed by atoms with E-state index < -0.39 is 11.7 Å². The highest BCUT2D eigenvalue weighted by Gasteiger charge is 2.12. The number of fused-ring (bicyclic) bond motifs is 1. The SMILES string of the molecule is Nc1ccc(F)c(NC(=O)c2cc3ccccc3[nH]2)c1. The number of carbonyl (C=O) groups excluding carboxylic acids is 1. The Balaban J connectivity index is 1.90. The number of H-pyrrole nitrogens is 1. The molecule has 0 atom stereocenters. The fraction of sp³-hybridized carbons (Fsp3) is 0. The maximum atomic E-state index is 13.6. The van der Waals surface area contributed by atoms with Crippen LogP contribution in [-0.2, 0) is 0 Å². The van der Waals surface area contributed by atoms with Crippen LogP contribution < -0.4 is 11.1 Å². The van der Waals surface area contributed by atoms with Crippen LogP contribution >= 0.6 is 0 Å². The average molecular weight is 269 g/mol. The Labute approximate surface area is 114 Å². The van der Waals surface area contributed by atoms with E-state index >= 15 is 0 Å². The quantitative estimate of drug-likeness (QED) is 0.625. The van der Waals surface area contributed by atoms with Crippen LogP contribution in [0.2, 0.25) is 0 Å². The molecule has 5 heteroatoms. The van der Waals surface area contributed by atoms with Gasteiger partial charge in [0.15, 0.2) is 0 Å². The number of nitrogens with one attached hydrogen (secondary N) is 2. The molecule has 0 spiro atoms. The fourth-order valence-corrected chi connectivity index (χ4v) is 2.02.